The number of carbonyl (C=O) groups excluding carboxylic acids is 1. The van der Waals surface area contributed by atoms with Crippen LogP contribution in [0.4, 0.5) is 0 Å². The molecule has 0 bridgehead atoms. The van der Waals surface area contributed by atoms with E-state index in [0.717, 1.165) is 0 Å². The molecular weight excluding hydrogens is 342 g/mol. The summed E-state index contributed by atoms with van der Waals surface area (Å²) in [6.07, 6.45) is 0.592. The molecule has 0 radical (unpaired) electrons. The van der Waals surface area contributed by atoms with Crippen LogP contribution >= 0.6 is 0 Å². The zero-order chi connectivity index (χ0) is 18.6. The number of hydrogen-bond acceptors (Lipinski definition) is 6. The summed E-state index contributed by atoms with van der Waals surface area (Å²) in [5.74, 6) is 1.72. The van der Waals surface area contributed by atoms with Gasteiger partial charge in [-0.15, -0.1) is 0 Å². The molecule has 1 atom stereocenters. The predicted octanol–water partition coefficient (Wildman–Crippen LogP) is 2.03. The van der Waals surface area contributed by atoms with Crippen LogP contribution in [0.1, 0.15) is 30.6 Å². The maximum absolute atomic E-state index is 12.7. The molecule has 1 heterocycles. The summed E-state index contributed by atoms with van der Waals surface area (Å²) in [6, 6.07) is 5.00. The Bertz CT molecular complexity index is 714. The van der Waals surface area contributed by atoms with Gasteiger partial charge < -0.3 is 9.47 Å². The van der Waals surface area contributed by atoms with E-state index in [4.69, 9.17) is 9.47 Å². The van der Waals surface area contributed by atoms with E-state index in [9.17, 15) is 13.2 Å². The fraction of sp³-hybridized carbons (Fsp3) is 0.611. The third-order valence-electron chi connectivity index (χ3n) is 4.38. The van der Waals surface area contributed by atoms with E-state index in [1.807, 2.05) is 4.90 Å². The van der Waals surface area contributed by atoms with Crippen molar-refractivity contribution in [3.63, 3.8) is 0 Å². The maximum atomic E-state index is 12.7. The fourth-order valence-electron chi connectivity index (χ4n) is 3.16. The van der Waals surface area contributed by atoms with Crippen molar-refractivity contribution in [1.82, 2.24) is 4.90 Å². The summed E-state index contributed by atoms with van der Waals surface area (Å²) in [5, 5.41) is 0. The first-order valence-electron chi connectivity index (χ1n) is 8.45. The number of ketones is 1. The molecule has 140 valence electrons. The van der Waals surface area contributed by atoms with Crippen LogP contribution in [-0.2, 0) is 9.84 Å². The van der Waals surface area contributed by atoms with Crippen LogP contribution in [0.25, 0.3) is 0 Å². The van der Waals surface area contributed by atoms with Crippen LogP contribution in [0, 0.1) is 5.92 Å². The molecule has 7 heteroatoms. The molecule has 0 spiro atoms. The van der Waals surface area contributed by atoms with Crippen LogP contribution in [0.5, 0.6) is 11.5 Å². The highest BCUT2D eigenvalue weighted by atomic mass is 32.2. The highest BCUT2D eigenvalue weighted by Crippen LogP contribution is 2.28. The van der Waals surface area contributed by atoms with Crippen molar-refractivity contribution in [3.05, 3.63) is 23.8 Å². The topological polar surface area (TPSA) is 72.9 Å². The average Bonchev–Trinajstić information content (AvgIpc) is 2.93. The minimum absolute atomic E-state index is 0.0501. The number of methoxy groups -OCH3 is 2. The minimum Gasteiger partial charge on any atom is -0.493 e. The molecule has 0 aromatic heterocycles. The Labute approximate surface area is 150 Å². The summed E-state index contributed by atoms with van der Waals surface area (Å²) < 4.78 is 34.0. The van der Waals surface area contributed by atoms with E-state index in [2.05, 4.69) is 13.8 Å². The van der Waals surface area contributed by atoms with Crippen LogP contribution in [0.3, 0.4) is 0 Å². The molecule has 25 heavy (non-hydrogen) atoms. The predicted molar refractivity (Wildman–Crippen MR) is 97.3 cm³/mol. The van der Waals surface area contributed by atoms with E-state index in [-0.39, 0.29) is 29.9 Å². The van der Waals surface area contributed by atoms with Gasteiger partial charge in [0.2, 0.25) is 0 Å². The van der Waals surface area contributed by atoms with Gasteiger partial charge in [-0.2, -0.15) is 0 Å². The van der Waals surface area contributed by atoms with Crippen molar-refractivity contribution in [3.8, 4) is 11.5 Å². The SMILES string of the molecule is COc1ccc(C(=O)CN(CC(C)C)[C@@H]2CCS(=O)(=O)C2)cc1OC. The van der Waals surface area contributed by atoms with Gasteiger partial charge >= 0.3 is 0 Å². The Morgan fingerprint density at radius 2 is 1.92 bits per heavy atom. The quantitative estimate of drug-likeness (QED) is 0.653. The molecule has 0 N–H and O–H groups in total. The van der Waals surface area contributed by atoms with Gasteiger partial charge in [-0.25, -0.2) is 8.42 Å². The molecule has 1 aliphatic rings. The first-order chi connectivity index (χ1) is 11.8. The number of hydrogen-bond donors (Lipinski definition) is 0. The largest absolute Gasteiger partial charge is 0.493 e. The van der Waals surface area contributed by atoms with Crippen molar-refractivity contribution in [2.45, 2.75) is 26.3 Å². The maximum Gasteiger partial charge on any atom is 0.176 e. The lowest BCUT2D eigenvalue weighted by Crippen LogP contribution is -2.42. The molecule has 2 rings (SSSR count). The summed E-state index contributed by atoms with van der Waals surface area (Å²) >= 11 is 0. The van der Waals surface area contributed by atoms with E-state index >= 15 is 0 Å². The van der Waals surface area contributed by atoms with E-state index in [1.54, 1.807) is 25.3 Å². The molecule has 1 fully saturated rings. The molecule has 1 aliphatic heterocycles. The third kappa shape index (κ3) is 5.19. The Morgan fingerprint density at radius 1 is 1.24 bits per heavy atom. The molecular formula is C18H27NO5S. The second-order valence-corrected chi connectivity index (χ2v) is 9.10. The van der Waals surface area contributed by atoms with Crippen LogP contribution in [0.15, 0.2) is 18.2 Å². The fourth-order valence-corrected chi connectivity index (χ4v) is 4.92. The zero-order valence-electron chi connectivity index (χ0n) is 15.3. The van der Waals surface area contributed by atoms with Gasteiger partial charge in [-0.3, -0.25) is 9.69 Å². The number of ether oxygens (including phenoxy) is 2. The lowest BCUT2D eigenvalue weighted by Gasteiger charge is -2.29. The highest BCUT2D eigenvalue weighted by Gasteiger charge is 2.33. The second kappa shape index (κ2) is 8.19. The first kappa shape index (κ1) is 19.7. The molecule has 0 unspecified atom stereocenters. The molecule has 0 aliphatic carbocycles. The van der Waals surface area contributed by atoms with Crippen molar-refractivity contribution >= 4 is 15.6 Å². The van der Waals surface area contributed by atoms with Gasteiger partial charge in [0.05, 0.1) is 32.3 Å². The first-order valence-corrected chi connectivity index (χ1v) is 10.3. The van der Waals surface area contributed by atoms with Gasteiger partial charge in [0, 0.05) is 18.2 Å². The van der Waals surface area contributed by atoms with Gasteiger partial charge in [0.15, 0.2) is 27.1 Å². The molecule has 1 aromatic rings. The van der Waals surface area contributed by atoms with Crippen LogP contribution in [-0.4, -0.2) is 64.0 Å². The van der Waals surface area contributed by atoms with E-state index in [0.29, 0.717) is 35.9 Å². The number of carbonyl (C=O) groups is 1. The lowest BCUT2D eigenvalue weighted by molar-refractivity contribution is 0.0886. The molecule has 1 saturated heterocycles. The van der Waals surface area contributed by atoms with Crippen molar-refractivity contribution < 1.29 is 22.7 Å². The second-order valence-electron chi connectivity index (χ2n) is 6.87. The van der Waals surface area contributed by atoms with E-state index < -0.39 is 9.84 Å². The number of rotatable bonds is 8. The summed E-state index contributed by atoms with van der Waals surface area (Å²) in [4.78, 5) is 14.7. The summed E-state index contributed by atoms with van der Waals surface area (Å²) in [5.41, 5.74) is 0.535. The van der Waals surface area contributed by atoms with Gasteiger partial charge in [0.1, 0.15) is 0 Å². The van der Waals surface area contributed by atoms with Crippen molar-refractivity contribution in [2.24, 2.45) is 5.92 Å². The van der Waals surface area contributed by atoms with Gasteiger partial charge in [0.25, 0.3) is 0 Å². The van der Waals surface area contributed by atoms with Crippen LogP contribution in [0.2, 0.25) is 0 Å². The normalized spacial score (nSPS) is 19.4. The minimum atomic E-state index is -2.99. The standard InChI is InChI=1S/C18H27NO5S/c1-13(2)10-19(15-7-8-25(21,22)12-15)11-16(20)14-5-6-17(23-3)18(9-14)24-4/h5-6,9,13,15H,7-8,10-12H2,1-4H3/t15-/m1/s1. The number of nitrogens with zero attached hydrogens (tertiary/aromatic N) is 1. The molecule has 6 nitrogen and oxygen atoms in total. The smallest absolute Gasteiger partial charge is 0.176 e. The van der Waals surface area contributed by atoms with Crippen LogP contribution < -0.4 is 9.47 Å². The number of Topliss-reactive ketones (excluding diaryl/α,β-unsaturated/α-hetero) is 1. The number of sulfone groups is 1. The zero-order valence-corrected chi connectivity index (χ0v) is 16.1. The molecule has 1 aromatic carbocycles. The average molecular weight is 369 g/mol. The lowest BCUT2D eigenvalue weighted by atomic mass is 10.1. The highest BCUT2D eigenvalue weighted by molar-refractivity contribution is 7.91. The van der Waals surface area contributed by atoms with Gasteiger partial charge in [-0.05, 0) is 30.5 Å². The molecule has 0 amide bonds. The summed E-state index contributed by atoms with van der Waals surface area (Å²) in [6.45, 7) is 5.03. The van der Waals surface area contributed by atoms with Gasteiger partial charge in [-0.1, -0.05) is 13.8 Å². The molecule has 0 saturated carbocycles. The monoisotopic (exact) mass is 369 g/mol. The number of benzene rings is 1. The van der Waals surface area contributed by atoms with Crippen molar-refractivity contribution in [1.29, 1.82) is 0 Å². The Kier molecular flexibility index (Phi) is 6.46. The van der Waals surface area contributed by atoms with Crippen molar-refractivity contribution in [2.75, 3.05) is 38.8 Å². The van der Waals surface area contributed by atoms with E-state index in [1.165, 1.54) is 7.11 Å². The third-order valence-corrected chi connectivity index (χ3v) is 6.13. The Balaban J connectivity index is 2.16. The summed E-state index contributed by atoms with van der Waals surface area (Å²) in [7, 11) is 0.0883. The Hall–Kier alpha value is -1.60. The Morgan fingerprint density at radius 3 is 2.44 bits per heavy atom.